The summed E-state index contributed by atoms with van der Waals surface area (Å²) in [5, 5.41) is 16.7. The van der Waals surface area contributed by atoms with Crippen molar-refractivity contribution in [1.82, 2.24) is 15.1 Å². The van der Waals surface area contributed by atoms with E-state index in [1.54, 1.807) is 24.4 Å². The number of likely N-dealkylation sites (tertiary alicyclic amines) is 1. The van der Waals surface area contributed by atoms with Crippen LogP contribution in [0.25, 0.3) is 0 Å². The van der Waals surface area contributed by atoms with Gasteiger partial charge >= 0.3 is 0 Å². The standard InChI is InChI=1S/C17H19N3O2/c21-16-4-2-1-3-14(16)17(22)8-12-20-10-6-13(7-11-20)15-5-9-18-19-15/h1-5,8-9,12-13,21H,6-7,10-11H2,(H,18,19)/b12-8+. The number of aromatic hydroxyl groups is 1. The molecule has 0 amide bonds. The molecular formula is C17H19N3O2. The minimum Gasteiger partial charge on any atom is -0.507 e. The Bertz CT molecular complexity index is 656. The zero-order valence-electron chi connectivity index (χ0n) is 12.3. The van der Waals surface area contributed by atoms with E-state index in [9.17, 15) is 9.90 Å². The number of piperidine rings is 1. The number of phenols is 1. The molecule has 0 aliphatic carbocycles. The molecule has 0 spiro atoms. The second kappa shape index (κ2) is 6.47. The molecule has 1 aromatic heterocycles. The van der Waals surface area contributed by atoms with Crippen molar-refractivity contribution < 1.29 is 9.90 Å². The molecule has 3 rings (SSSR count). The van der Waals surface area contributed by atoms with Crippen molar-refractivity contribution in [2.24, 2.45) is 0 Å². The highest BCUT2D eigenvalue weighted by Crippen LogP contribution is 2.26. The number of rotatable bonds is 4. The number of para-hydroxylation sites is 1. The molecule has 5 nitrogen and oxygen atoms in total. The van der Waals surface area contributed by atoms with Crippen molar-refractivity contribution >= 4 is 5.78 Å². The van der Waals surface area contributed by atoms with E-state index in [-0.39, 0.29) is 11.5 Å². The van der Waals surface area contributed by atoms with E-state index in [0.717, 1.165) is 25.9 Å². The summed E-state index contributed by atoms with van der Waals surface area (Å²) in [6.07, 6.45) is 7.23. The summed E-state index contributed by atoms with van der Waals surface area (Å²) in [6, 6.07) is 8.63. The quantitative estimate of drug-likeness (QED) is 0.672. The van der Waals surface area contributed by atoms with E-state index in [2.05, 4.69) is 15.1 Å². The first-order valence-corrected chi connectivity index (χ1v) is 7.48. The largest absolute Gasteiger partial charge is 0.507 e. The average molecular weight is 297 g/mol. The molecule has 1 aromatic carbocycles. The van der Waals surface area contributed by atoms with Gasteiger partial charge in [0, 0.05) is 43.2 Å². The summed E-state index contributed by atoms with van der Waals surface area (Å²) < 4.78 is 0. The summed E-state index contributed by atoms with van der Waals surface area (Å²) in [5.74, 6) is 0.366. The second-order valence-electron chi connectivity index (χ2n) is 5.52. The van der Waals surface area contributed by atoms with E-state index in [0.29, 0.717) is 11.5 Å². The molecule has 2 aromatic rings. The number of nitrogens with one attached hydrogen (secondary N) is 1. The molecule has 2 heterocycles. The third-order valence-electron chi connectivity index (χ3n) is 4.10. The molecule has 22 heavy (non-hydrogen) atoms. The Labute approximate surface area is 129 Å². The summed E-state index contributed by atoms with van der Waals surface area (Å²) in [6.45, 7) is 1.82. The summed E-state index contributed by atoms with van der Waals surface area (Å²) in [5.41, 5.74) is 1.53. The number of carbonyl (C=O) groups is 1. The number of ketones is 1. The summed E-state index contributed by atoms with van der Waals surface area (Å²) in [7, 11) is 0. The highest BCUT2D eigenvalue weighted by atomic mass is 16.3. The highest BCUT2D eigenvalue weighted by molar-refractivity contribution is 6.06. The Morgan fingerprint density at radius 2 is 2.05 bits per heavy atom. The van der Waals surface area contributed by atoms with Gasteiger partial charge in [0.2, 0.25) is 0 Å². The molecule has 1 aliphatic heterocycles. The molecule has 0 radical (unpaired) electrons. The van der Waals surface area contributed by atoms with Crippen LogP contribution in [0.15, 0.2) is 48.8 Å². The van der Waals surface area contributed by atoms with Crippen LogP contribution >= 0.6 is 0 Å². The first-order chi connectivity index (χ1) is 10.7. The van der Waals surface area contributed by atoms with Crippen LogP contribution < -0.4 is 0 Å². The number of H-pyrrole nitrogens is 1. The predicted molar refractivity (Wildman–Crippen MR) is 83.7 cm³/mol. The zero-order chi connectivity index (χ0) is 15.4. The molecule has 2 N–H and O–H groups in total. The zero-order valence-corrected chi connectivity index (χ0v) is 12.3. The van der Waals surface area contributed by atoms with Gasteiger partial charge in [0.15, 0.2) is 5.78 Å². The molecule has 0 saturated carbocycles. The van der Waals surface area contributed by atoms with Gasteiger partial charge in [-0.25, -0.2) is 0 Å². The van der Waals surface area contributed by atoms with Gasteiger partial charge in [-0.2, -0.15) is 5.10 Å². The van der Waals surface area contributed by atoms with Crippen LogP contribution in [0.1, 0.15) is 34.8 Å². The minimum absolute atomic E-state index is 0.0232. The van der Waals surface area contributed by atoms with E-state index >= 15 is 0 Å². The Morgan fingerprint density at radius 3 is 2.73 bits per heavy atom. The first kappa shape index (κ1) is 14.4. The Morgan fingerprint density at radius 1 is 1.27 bits per heavy atom. The van der Waals surface area contributed by atoms with Crippen molar-refractivity contribution in [3.63, 3.8) is 0 Å². The fourth-order valence-electron chi connectivity index (χ4n) is 2.80. The van der Waals surface area contributed by atoms with Crippen molar-refractivity contribution in [3.8, 4) is 5.75 Å². The van der Waals surface area contributed by atoms with Crippen LogP contribution in [0.4, 0.5) is 0 Å². The van der Waals surface area contributed by atoms with Gasteiger partial charge in [0.05, 0.1) is 5.56 Å². The molecule has 1 aliphatic rings. The lowest BCUT2D eigenvalue weighted by Crippen LogP contribution is -2.28. The number of benzene rings is 1. The molecule has 1 saturated heterocycles. The van der Waals surface area contributed by atoms with Crippen molar-refractivity contribution in [3.05, 3.63) is 60.1 Å². The molecule has 0 atom stereocenters. The number of hydrogen-bond donors (Lipinski definition) is 2. The second-order valence-corrected chi connectivity index (χ2v) is 5.52. The van der Waals surface area contributed by atoms with E-state index in [1.807, 2.05) is 12.3 Å². The number of nitrogens with zero attached hydrogens (tertiary/aromatic N) is 2. The van der Waals surface area contributed by atoms with E-state index in [1.165, 1.54) is 17.8 Å². The van der Waals surface area contributed by atoms with Gasteiger partial charge in [-0.15, -0.1) is 0 Å². The minimum atomic E-state index is -0.172. The lowest BCUT2D eigenvalue weighted by atomic mass is 9.94. The first-order valence-electron chi connectivity index (χ1n) is 7.48. The molecule has 0 unspecified atom stereocenters. The van der Waals surface area contributed by atoms with Crippen molar-refractivity contribution in [1.29, 1.82) is 0 Å². The highest BCUT2D eigenvalue weighted by Gasteiger charge is 2.19. The lowest BCUT2D eigenvalue weighted by molar-refractivity contribution is 0.104. The monoisotopic (exact) mass is 297 g/mol. The number of phenolic OH excluding ortho intramolecular Hbond substituents is 1. The normalized spacial score (nSPS) is 16.3. The fourth-order valence-corrected chi connectivity index (χ4v) is 2.80. The average Bonchev–Trinajstić information content (AvgIpc) is 3.08. The number of allylic oxidation sites excluding steroid dienone is 1. The van der Waals surface area contributed by atoms with Crippen LogP contribution in [0.2, 0.25) is 0 Å². The van der Waals surface area contributed by atoms with Crippen molar-refractivity contribution in [2.45, 2.75) is 18.8 Å². The van der Waals surface area contributed by atoms with Gasteiger partial charge in [0.1, 0.15) is 5.75 Å². The van der Waals surface area contributed by atoms with Gasteiger partial charge in [0.25, 0.3) is 0 Å². The molecule has 0 bridgehead atoms. The molecule has 114 valence electrons. The Balaban J connectivity index is 1.56. The van der Waals surface area contributed by atoms with Crippen LogP contribution in [0, 0.1) is 0 Å². The number of hydrogen-bond acceptors (Lipinski definition) is 4. The maximum Gasteiger partial charge on any atom is 0.190 e. The molecule has 1 fully saturated rings. The van der Waals surface area contributed by atoms with Crippen molar-refractivity contribution in [2.75, 3.05) is 13.1 Å². The van der Waals surface area contributed by atoms with Crippen LogP contribution in [-0.4, -0.2) is 39.1 Å². The van der Waals surface area contributed by atoms with E-state index < -0.39 is 0 Å². The Kier molecular flexibility index (Phi) is 4.23. The molecular weight excluding hydrogens is 278 g/mol. The number of aromatic amines is 1. The fraction of sp³-hybridized carbons (Fsp3) is 0.294. The third-order valence-corrected chi connectivity index (χ3v) is 4.10. The topological polar surface area (TPSA) is 69.2 Å². The van der Waals surface area contributed by atoms with Gasteiger partial charge in [-0.05, 0) is 31.0 Å². The van der Waals surface area contributed by atoms with Crippen LogP contribution in [-0.2, 0) is 0 Å². The maximum absolute atomic E-state index is 12.1. The van der Waals surface area contributed by atoms with E-state index in [4.69, 9.17) is 0 Å². The predicted octanol–water partition coefficient (Wildman–Crippen LogP) is 2.69. The number of carbonyl (C=O) groups excluding carboxylic acids is 1. The summed E-state index contributed by atoms with van der Waals surface area (Å²) in [4.78, 5) is 14.2. The van der Waals surface area contributed by atoms with Crippen LogP contribution in [0.3, 0.4) is 0 Å². The smallest absolute Gasteiger partial charge is 0.190 e. The molecule has 5 heteroatoms. The third kappa shape index (κ3) is 3.19. The Hall–Kier alpha value is -2.56. The van der Waals surface area contributed by atoms with Crippen LogP contribution in [0.5, 0.6) is 5.75 Å². The number of aromatic nitrogens is 2. The van der Waals surface area contributed by atoms with Gasteiger partial charge in [-0.3, -0.25) is 9.89 Å². The summed E-state index contributed by atoms with van der Waals surface area (Å²) >= 11 is 0. The van der Waals surface area contributed by atoms with Gasteiger partial charge in [-0.1, -0.05) is 12.1 Å². The van der Waals surface area contributed by atoms with Gasteiger partial charge < -0.3 is 10.0 Å². The SMILES string of the molecule is O=C(/C=C/N1CCC(c2ccn[nH]2)CC1)c1ccccc1O. The maximum atomic E-state index is 12.1. The lowest BCUT2D eigenvalue weighted by Gasteiger charge is -2.30.